The average molecular weight is 220 g/mol. The third kappa shape index (κ3) is 4.99. The molecule has 88 valence electrons. The van der Waals surface area contributed by atoms with Crippen LogP contribution in [0.1, 0.15) is 31.7 Å². The fraction of sp³-hybridized carbons (Fsp3) is 0.429. The van der Waals surface area contributed by atoms with Crippen LogP contribution >= 0.6 is 0 Å². The first-order valence-corrected chi connectivity index (χ1v) is 5.76. The summed E-state index contributed by atoms with van der Waals surface area (Å²) >= 11 is 0. The minimum absolute atomic E-state index is 0.125. The van der Waals surface area contributed by atoms with Crippen LogP contribution in [0.3, 0.4) is 0 Å². The van der Waals surface area contributed by atoms with Gasteiger partial charge in [0.15, 0.2) is 6.29 Å². The molecule has 1 atom stereocenters. The van der Waals surface area contributed by atoms with Crippen LogP contribution in [0, 0.1) is 0 Å². The maximum Gasteiger partial charge on any atom is 0.198 e. The van der Waals surface area contributed by atoms with Crippen LogP contribution in [-0.4, -0.2) is 13.4 Å². The summed E-state index contributed by atoms with van der Waals surface area (Å²) in [5, 5.41) is 0. The van der Waals surface area contributed by atoms with Gasteiger partial charge in [0.1, 0.15) is 0 Å². The summed E-state index contributed by atoms with van der Waals surface area (Å²) in [5.74, 6) is 0. The summed E-state index contributed by atoms with van der Waals surface area (Å²) in [6, 6.07) is 10.1. The van der Waals surface area contributed by atoms with Crippen LogP contribution in [0.4, 0.5) is 0 Å². The van der Waals surface area contributed by atoms with E-state index in [9.17, 15) is 0 Å². The van der Waals surface area contributed by atoms with E-state index in [0.29, 0.717) is 0 Å². The lowest BCUT2D eigenvalue weighted by molar-refractivity contribution is -0.0868. The van der Waals surface area contributed by atoms with E-state index in [-0.39, 0.29) is 6.29 Å². The fourth-order valence-electron chi connectivity index (χ4n) is 1.38. The van der Waals surface area contributed by atoms with Crippen molar-refractivity contribution < 1.29 is 9.47 Å². The van der Waals surface area contributed by atoms with E-state index in [1.807, 2.05) is 36.4 Å². The number of unbranched alkanes of at least 4 members (excludes halogenated alkanes) is 1. The maximum atomic E-state index is 5.49. The Labute approximate surface area is 97.9 Å². The van der Waals surface area contributed by atoms with Crippen LogP contribution in [0.15, 0.2) is 36.6 Å². The molecule has 0 aliphatic carbocycles. The monoisotopic (exact) mass is 220 g/mol. The van der Waals surface area contributed by atoms with Gasteiger partial charge in [-0.2, -0.15) is 0 Å². The number of rotatable bonds is 7. The van der Waals surface area contributed by atoms with Crippen LogP contribution in [0.2, 0.25) is 0 Å². The fourth-order valence-corrected chi connectivity index (χ4v) is 1.38. The zero-order chi connectivity index (χ0) is 11.6. The molecule has 1 rings (SSSR count). The Morgan fingerprint density at radius 3 is 2.62 bits per heavy atom. The van der Waals surface area contributed by atoms with Gasteiger partial charge in [0.05, 0.1) is 6.26 Å². The molecular formula is C14H20O2. The second-order valence-electron chi connectivity index (χ2n) is 3.66. The SMILES string of the molecule is CCCCC(OC)OC=Cc1ccccc1. The summed E-state index contributed by atoms with van der Waals surface area (Å²) in [4.78, 5) is 0. The van der Waals surface area contributed by atoms with Crippen molar-refractivity contribution in [2.45, 2.75) is 32.5 Å². The summed E-state index contributed by atoms with van der Waals surface area (Å²) in [6.45, 7) is 2.16. The Bertz CT molecular complexity index is 293. The van der Waals surface area contributed by atoms with Gasteiger partial charge in [-0.05, 0) is 18.1 Å². The maximum absolute atomic E-state index is 5.49. The average Bonchev–Trinajstić information content (AvgIpc) is 2.35. The number of methoxy groups -OCH3 is 1. The second kappa shape index (κ2) is 7.94. The molecular weight excluding hydrogens is 200 g/mol. The lowest BCUT2D eigenvalue weighted by Crippen LogP contribution is -2.11. The second-order valence-corrected chi connectivity index (χ2v) is 3.66. The highest BCUT2D eigenvalue weighted by molar-refractivity contribution is 5.47. The first-order valence-electron chi connectivity index (χ1n) is 5.76. The predicted molar refractivity (Wildman–Crippen MR) is 66.9 cm³/mol. The quantitative estimate of drug-likeness (QED) is 0.513. The first-order chi connectivity index (χ1) is 7.86. The van der Waals surface area contributed by atoms with Crippen molar-refractivity contribution in [3.8, 4) is 0 Å². The third-order valence-electron chi connectivity index (χ3n) is 2.35. The molecule has 1 aromatic rings. The van der Waals surface area contributed by atoms with E-state index in [1.165, 1.54) is 0 Å². The van der Waals surface area contributed by atoms with E-state index in [0.717, 1.165) is 24.8 Å². The molecule has 0 spiro atoms. The van der Waals surface area contributed by atoms with Gasteiger partial charge in [-0.1, -0.05) is 43.7 Å². The molecule has 0 saturated heterocycles. The Morgan fingerprint density at radius 1 is 1.25 bits per heavy atom. The van der Waals surface area contributed by atoms with Crippen molar-refractivity contribution in [2.24, 2.45) is 0 Å². The van der Waals surface area contributed by atoms with Gasteiger partial charge in [0.25, 0.3) is 0 Å². The number of hydrogen-bond donors (Lipinski definition) is 0. The molecule has 0 N–H and O–H groups in total. The molecule has 0 radical (unpaired) electrons. The molecule has 0 aliphatic rings. The van der Waals surface area contributed by atoms with Crippen molar-refractivity contribution in [1.29, 1.82) is 0 Å². The summed E-state index contributed by atoms with van der Waals surface area (Å²) in [7, 11) is 1.68. The molecule has 2 heteroatoms. The number of benzene rings is 1. The molecule has 1 aromatic carbocycles. The molecule has 0 fully saturated rings. The topological polar surface area (TPSA) is 18.5 Å². The highest BCUT2D eigenvalue weighted by atomic mass is 16.7. The van der Waals surface area contributed by atoms with E-state index >= 15 is 0 Å². The molecule has 0 aliphatic heterocycles. The summed E-state index contributed by atoms with van der Waals surface area (Å²) < 4.78 is 10.7. The van der Waals surface area contributed by atoms with Crippen molar-refractivity contribution in [1.82, 2.24) is 0 Å². The number of hydrogen-bond acceptors (Lipinski definition) is 2. The van der Waals surface area contributed by atoms with Gasteiger partial charge < -0.3 is 9.47 Å². The van der Waals surface area contributed by atoms with Gasteiger partial charge in [-0.3, -0.25) is 0 Å². The Morgan fingerprint density at radius 2 is 2.00 bits per heavy atom. The molecule has 0 saturated carbocycles. The predicted octanol–water partition coefficient (Wildman–Crippen LogP) is 3.84. The highest BCUT2D eigenvalue weighted by Gasteiger charge is 2.03. The molecule has 0 amide bonds. The number of ether oxygens (including phenoxy) is 2. The van der Waals surface area contributed by atoms with Gasteiger partial charge in [-0.25, -0.2) is 0 Å². The van der Waals surface area contributed by atoms with Crippen LogP contribution in [0.5, 0.6) is 0 Å². The molecule has 0 bridgehead atoms. The normalized spacial score (nSPS) is 12.9. The summed E-state index contributed by atoms with van der Waals surface area (Å²) in [6.07, 6.45) is 6.74. The van der Waals surface area contributed by atoms with Crippen molar-refractivity contribution in [3.63, 3.8) is 0 Å². The Hall–Kier alpha value is -1.28. The largest absolute Gasteiger partial charge is 0.473 e. The lowest BCUT2D eigenvalue weighted by Gasteiger charge is -2.13. The standard InChI is InChI=1S/C14H20O2/c1-3-4-10-14(15-2)16-12-11-13-8-6-5-7-9-13/h5-9,11-12,14H,3-4,10H2,1-2H3. The van der Waals surface area contributed by atoms with E-state index in [2.05, 4.69) is 6.92 Å². The third-order valence-corrected chi connectivity index (χ3v) is 2.35. The minimum atomic E-state index is -0.125. The molecule has 16 heavy (non-hydrogen) atoms. The lowest BCUT2D eigenvalue weighted by atomic mass is 10.2. The molecule has 0 heterocycles. The Balaban J connectivity index is 2.34. The van der Waals surface area contributed by atoms with Crippen LogP contribution in [0.25, 0.3) is 6.08 Å². The van der Waals surface area contributed by atoms with Gasteiger partial charge in [0.2, 0.25) is 0 Å². The van der Waals surface area contributed by atoms with Crippen LogP contribution < -0.4 is 0 Å². The minimum Gasteiger partial charge on any atom is -0.473 e. The molecule has 2 nitrogen and oxygen atoms in total. The van der Waals surface area contributed by atoms with E-state index in [4.69, 9.17) is 9.47 Å². The van der Waals surface area contributed by atoms with E-state index in [1.54, 1.807) is 13.4 Å². The molecule has 0 aromatic heterocycles. The van der Waals surface area contributed by atoms with Crippen LogP contribution in [-0.2, 0) is 9.47 Å². The van der Waals surface area contributed by atoms with Crippen molar-refractivity contribution in [2.75, 3.05) is 7.11 Å². The summed E-state index contributed by atoms with van der Waals surface area (Å²) in [5.41, 5.74) is 1.13. The van der Waals surface area contributed by atoms with E-state index < -0.39 is 0 Å². The van der Waals surface area contributed by atoms with Crippen molar-refractivity contribution >= 4 is 6.08 Å². The first kappa shape index (κ1) is 12.8. The Kier molecular flexibility index (Phi) is 6.35. The van der Waals surface area contributed by atoms with Gasteiger partial charge >= 0.3 is 0 Å². The molecule has 1 unspecified atom stereocenters. The van der Waals surface area contributed by atoms with Gasteiger partial charge in [0, 0.05) is 13.5 Å². The zero-order valence-corrected chi connectivity index (χ0v) is 10.1. The zero-order valence-electron chi connectivity index (χ0n) is 10.1. The highest BCUT2D eigenvalue weighted by Crippen LogP contribution is 2.07. The van der Waals surface area contributed by atoms with Crippen molar-refractivity contribution in [3.05, 3.63) is 42.2 Å². The van der Waals surface area contributed by atoms with Gasteiger partial charge in [-0.15, -0.1) is 0 Å². The smallest absolute Gasteiger partial charge is 0.198 e.